The van der Waals surface area contributed by atoms with Gasteiger partial charge in [-0.2, -0.15) is 0 Å². The van der Waals surface area contributed by atoms with Gasteiger partial charge in [0.15, 0.2) is 0 Å². The molecule has 0 saturated heterocycles. The number of para-hydroxylation sites is 14. The lowest BCUT2D eigenvalue weighted by Gasteiger charge is -2.14. The maximum Gasteiger partial charge on any atom is 0.0810 e. The van der Waals surface area contributed by atoms with Crippen LogP contribution >= 0.6 is 0 Å². The highest BCUT2D eigenvalue weighted by Gasteiger charge is 2.32. The zero-order valence-electron chi connectivity index (χ0n) is 72.9. The molecule has 0 amide bonds. The average molecular weight is 1710 g/mol. The molecule has 0 bridgehead atoms. The van der Waals surface area contributed by atoms with Crippen LogP contribution in [0.1, 0.15) is 0 Å². The third-order valence-electron chi connectivity index (χ3n) is 27.7. The summed E-state index contributed by atoms with van der Waals surface area (Å²) in [5, 5.41) is 20.2. The molecular formula is C126H82N8. The third-order valence-corrected chi connectivity index (χ3v) is 27.7. The van der Waals surface area contributed by atoms with Crippen molar-refractivity contribution >= 4 is 174 Å². The van der Waals surface area contributed by atoms with Crippen molar-refractivity contribution in [2.24, 2.45) is 0 Å². The van der Waals surface area contributed by atoms with Gasteiger partial charge in [-0.25, -0.2) is 0 Å². The normalized spacial score (nSPS) is 11.9. The van der Waals surface area contributed by atoms with Crippen molar-refractivity contribution in [1.82, 2.24) is 36.5 Å². The lowest BCUT2D eigenvalue weighted by molar-refractivity contribution is 1.15. The summed E-state index contributed by atoms with van der Waals surface area (Å²) in [6.45, 7) is 0. The van der Waals surface area contributed by atoms with Crippen LogP contribution in [-0.4, -0.2) is 36.5 Å². The molecule has 0 spiro atoms. The smallest absolute Gasteiger partial charge is 0.0810 e. The van der Waals surface area contributed by atoms with Gasteiger partial charge >= 0.3 is 0 Å². The summed E-state index contributed by atoms with van der Waals surface area (Å²) < 4.78 is 19.8. The van der Waals surface area contributed by atoms with Gasteiger partial charge in [0.1, 0.15) is 0 Å². The molecule has 0 saturated carbocycles. The van der Waals surface area contributed by atoms with Crippen LogP contribution in [0.25, 0.3) is 242 Å². The van der Waals surface area contributed by atoms with Gasteiger partial charge in [0.2, 0.25) is 0 Å². The SMILES string of the molecule is c1ccc(-c2ccc(-n3c4ccccc4c4cc5c(cc43)c3ccccc3n5-c3ccc(-c4ccccc4)cc3)cc2)cc1.c1ccc(-n2c3ccccc3c3c2c2c4ccccc4n(-c4ccccc4)c2c2c4ccccc4n(-c4ccccc4)c32)cc1.c1ccc(-n2c3ccccc3c3c4c5ccccc5n(-c5ccccc5)c4c4c(c5ccccc5n4-c4ccccc4)c32)cc1. The summed E-state index contributed by atoms with van der Waals surface area (Å²) in [5.41, 5.74) is 33.6. The van der Waals surface area contributed by atoms with Crippen LogP contribution in [0.15, 0.2) is 497 Å². The first-order chi connectivity index (χ1) is 66.6. The van der Waals surface area contributed by atoms with E-state index in [1.54, 1.807) is 0 Å². The first-order valence-electron chi connectivity index (χ1n) is 46.1. The molecule has 0 atom stereocenters. The summed E-state index contributed by atoms with van der Waals surface area (Å²) in [7, 11) is 0. The molecule has 0 fully saturated rings. The van der Waals surface area contributed by atoms with E-state index >= 15 is 0 Å². The second kappa shape index (κ2) is 30.9. The van der Waals surface area contributed by atoms with Gasteiger partial charge in [-0.15, -0.1) is 0 Å². The van der Waals surface area contributed by atoms with E-state index in [1.807, 2.05) is 0 Å². The zero-order chi connectivity index (χ0) is 88.0. The highest BCUT2D eigenvalue weighted by Crippen LogP contribution is 2.54. The molecule has 134 heavy (non-hydrogen) atoms. The quantitative estimate of drug-likeness (QED) is 0.131. The van der Waals surface area contributed by atoms with Crippen molar-refractivity contribution < 1.29 is 0 Å². The fourth-order valence-electron chi connectivity index (χ4n) is 22.2. The van der Waals surface area contributed by atoms with Crippen LogP contribution in [0.5, 0.6) is 0 Å². The number of fused-ring (bicyclic) bond motifs is 30. The van der Waals surface area contributed by atoms with Crippen molar-refractivity contribution in [3.8, 4) is 67.8 Å². The lowest BCUT2D eigenvalue weighted by Crippen LogP contribution is -1.99. The molecule has 0 unspecified atom stereocenters. The molecule has 8 nitrogen and oxygen atoms in total. The molecule has 0 N–H and O–H groups in total. The van der Waals surface area contributed by atoms with Gasteiger partial charge in [0.25, 0.3) is 0 Å². The summed E-state index contributed by atoms with van der Waals surface area (Å²) in [4.78, 5) is 0. The molecule has 0 radical (unpaired) electrons. The first-order valence-corrected chi connectivity index (χ1v) is 46.1. The Morgan fingerprint density at radius 2 is 0.261 bits per heavy atom. The molecular weight excluding hydrogens is 1630 g/mol. The largest absolute Gasteiger partial charge is 0.309 e. The maximum atomic E-state index is 2.49. The van der Waals surface area contributed by atoms with Crippen LogP contribution in [-0.2, 0) is 0 Å². The predicted octanol–water partition coefficient (Wildman–Crippen LogP) is 33.2. The standard InChI is InChI=1S/2C42H27N3.C42H28N2/c1-4-16-28(17-5-1)43-34-25-13-10-22-31(34)37-40(43)38-32-23-11-14-26-35(32)44(29-18-6-2-7-19-29)42(38)39-33-24-12-15-27-36(33)45(41(37)39)30-20-8-3-9-21-30;1-4-16-28(17-5-1)43-34-25-13-10-22-31(34)37-38-32-23-11-14-26-35(32)44(29-18-6-2-7-19-29)41(38)42-39(40(37)43)33-24-12-15-27-36(33)45(42)30-20-8-3-9-21-30;1-3-11-29(12-4-1)31-19-23-33(24-20-31)43-39-17-9-7-15-35(39)37-28-42-38(27-41(37)43)36-16-8-10-18-40(36)44(42)34-25-21-32(22-26-34)30-13-5-2-6-14-30/h2*1-27H;1-28H. The number of nitrogens with zero attached hydrogens (tertiary/aromatic N) is 8. The van der Waals surface area contributed by atoms with Crippen LogP contribution in [0.3, 0.4) is 0 Å². The van der Waals surface area contributed by atoms with Crippen molar-refractivity contribution in [1.29, 1.82) is 0 Å². The lowest BCUT2D eigenvalue weighted by atomic mass is 10.0. The predicted molar refractivity (Wildman–Crippen MR) is 565 cm³/mol. The Hall–Kier alpha value is -18.0. The number of rotatable bonds is 10. The number of hydrogen-bond donors (Lipinski definition) is 0. The maximum absolute atomic E-state index is 2.49. The second-order valence-corrected chi connectivity index (χ2v) is 34.9. The molecule has 29 aromatic rings. The molecule has 0 aliphatic heterocycles. The second-order valence-electron chi connectivity index (χ2n) is 34.9. The van der Waals surface area contributed by atoms with E-state index in [2.05, 4.69) is 534 Å². The molecule has 29 rings (SSSR count). The number of benzene rings is 21. The van der Waals surface area contributed by atoms with Crippen LogP contribution in [0.2, 0.25) is 0 Å². The summed E-state index contributed by atoms with van der Waals surface area (Å²) >= 11 is 0. The average Bonchev–Trinajstić information content (AvgIpc) is 1.51. The van der Waals surface area contributed by atoms with Gasteiger partial charge in [0, 0.05) is 132 Å². The van der Waals surface area contributed by atoms with E-state index in [9.17, 15) is 0 Å². The topological polar surface area (TPSA) is 39.4 Å². The minimum Gasteiger partial charge on any atom is -0.309 e. The Kier molecular flexibility index (Phi) is 17.5. The van der Waals surface area contributed by atoms with Gasteiger partial charge in [-0.05, 0) is 180 Å². The minimum absolute atomic E-state index is 1.15. The van der Waals surface area contributed by atoms with Gasteiger partial charge in [-0.3, -0.25) is 0 Å². The minimum atomic E-state index is 1.15. The molecule has 626 valence electrons. The Morgan fingerprint density at radius 1 is 0.0970 bits per heavy atom. The van der Waals surface area contributed by atoms with E-state index in [0.29, 0.717) is 0 Å². The molecule has 8 heterocycles. The first kappa shape index (κ1) is 76.1. The third kappa shape index (κ3) is 11.6. The van der Waals surface area contributed by atoms with E-state index in [-0.39, 0.29) is 0 Å². The van der Waals surface area contributed by atoms with Crippen LogP contribution in [0.4, 0.5) is 0 Å². The van der Waals surface area contributed by atoms with Crippen LogP contribution < -0.4 is 0 Å². The number of hydrogen-bond acceptors (Lipinski definition) is 0. The number of aromatic nitrogens is 8. The van der Waals surface area contributed by atoms with Gasteiger partial charge < -0.3 is 36.5 Å². The van der Waals surface area contributed by atoms with E-state index in [1.165, 1.54) is 197 Å². The molecule has 0 aliphatic rings. The van der Waals surface area contributed by atoms with Crippen molar-refractivity contribution in [2.75, 3.05) is 0 Å². The Morgan fingerprint density at radius 3 is 0.522 bits per heavy atom. The van der Waals surface area contributed by atoms with Crippen LogP contribution in [0, 0.1) is 0 Å². The van der Waals surface area contributed by atoms with E-state index in [0.717, 1.165) is 45.5 Å². The molecule has 0 aliphatic carbocycles. The molecule has 21 aromatic carbocycles. The van der Waals surface area contributed by atoms with Gasteiger partial charge in [0.05, 0.1) is 88.3 Å². The van der Waals surface area contributed by atoms with Gasteiger partial charge in [-0.1, -0.05) is 340 Å². The molecule has 8 aromatic heterocycles. The fourth-order valence-corrected chi connectivity index (χ4v) is 22.2. The van der Waals surface area contributed by atoms with Crippen molar-refractivity contribution in [2.45, 2.75) is 0 Å². The Bertz CT molecular complexity index is 9160. The Balaban J connectivity index is 0.000000102. The summed E-state index contributed by atoms with van der Waals surface area (Å²) in [5.74, 6) is 0. The van der Waals surface area contributed by atoms with Crippen molar-refractivity contribution in [3.05, 3.63) is 497 Å². The summed E-state index contributed by atoms with van der Waals surface area (Å²) in [6, 6.07) is 180. The Labute approximate surface area is 770 Å². The molecule has 8 heteroatoms. The fraction of sp³-hybridized carbons (Fsp3) is 0. The zero-order valence-corrected chi connectivity index (χ0v) is 72.9. The van der Waals surface area contributed by atoms with Crippen molar-refractivity contribution in [3.63, 3.8) is 0 Å². The highest BCUT2D eigenvalue weighted by atomic mass is 15.1. The highest BCUT2D eigenvalue weighted by molar-refractivity contribution is 6.42. The summed E-state index contributed by atoms with van der Waals surface area (Å²) in [6.07, 6.45) is 0. The van der Waals surface area contributed by atoms with E-state index in [4.69, 9.17) is 0 Å². The van der Waals surface area contributed by atoms with E-state index < -0.39 is 0 Å². The monoisotopic (exact) mass is 1710 g/mol.